The molecule has 0 aromatic heterocycles. The molecular formula is C26H22FNO3S. The van der Waals surface area contributed by atoms with E-state index in [4.69, 9.17) is 4.74 Å². The highest BCUT2D eigenvalue weighted by molar-refractivity contribution is 8.04. The molecule has 32 heavy (non-hydrogen) atoms. The molecule has 1 heterocycles. The summed E-state index contributed by atoms with van der Waals surface area (Å²) >= 11 is 1.23. The number of rotatable bonds is 7. The maximum atomic E-state index is 13.5. The smallest absolute Gasteiger partial charge is 0.272 e. The van der Waals surface area contributed by atoms with E-state index in [1.807, 2.05) is 30.3 Å². The van der Waals surface area contributed by atoms with E-state index in [0.717, 1.165) is 9.80 Å². The van der Waals surface area contributed by atoms with Crippen molar-refractivity contribution in [3.63, 3.8) is 0 Å². The third kappa shape index (κ3) is 4.60. The Morgan fingerprint density at radius 3 is 2.16 bits per heavy atom. The number of nitrogens with zero attached hydrogens (tertiary/aromatic N) is 1. The van der Waals surface area contributed by atoms with Crippen LogP contribution in [0.15, 0.2) is 88.7 Å². The number of hydrogen-bond acceptors (Lipinski definition) is 4. The highest BCUT2D eigenvalue weighted by Gasteiger charge is 2.40. The van der Waals surface area contributed by atoms with Crippen LogP contribution in [0.5, 0.6) is 5.75 Å². The highest BCUT2D eigenvalue weighted by atomic mass is 32.2. The van der Waals surface area contributed by atoms with Crippen LogP contribution < -0.4 is 9.64 Å². The minimum atomic E-state index is -0.434. The van der Waals surface area contributed by atoms with Gasteiger partial charge in [-0.3, -0.25) is 9.59 Å². The Labute approximate surface area is 190 Å². The van der Waals surface area contributed by atoms with Crippen molar-refractivity contribution in [2.24, 2.45) is 5.92 Å². The molecule has 0 N–H and O–H groups in total. The summed E-state index contributed by atoms with van der Waals surface area (Å²) in [4.78, 5) is 29.1. The predicted molar refractivity (Wildman–Crippen MR) is 125 cm³/mol. The molecule has 1 aliphatic rings. The molecule has 0 spiro atoms. The average Bonchev–Trinajstić information content (AvgIpc) is 3.03. The van der Waals surface area contributed by atoms with Gasteiger partial charge in [-0.2, -0.15) is 0 Å². The number of ether oxygens (including phenoxy) is 1. The van der Waals surface area contributed by atoms with Gasteiger partial charge in [0.05, 0.1) is 22.8 Å². The second-order valence-corrected chi connectivity index (χ2v) is 8.85. The molecular weight excluding hydrogens is 425 g/mol. The molecule has 0 unspecified atom stereocenters. The molecule has 0 radical (unpaired) electrons. The molecule has 0 aliphatic carbocycles. The fourth-order valence-corrected chi connectivity index (χ4v) is 4.29. The average molecular weight is 448 g/mol. The van der Waals surface area contributed by atoms with Crippen molar-refractivity contribution in [2.45, 2.75) is 18.7 Å². The molecule has 3 aromatic carbocycles. The van der Waals surface area contributed by atoms with E-state index < -0.39 is 17.6 Å². The second kappa shape index (κ2) is 9.40. The largest absolute Gasteiger partial charge is 0.493 e. The van der Waals surface area contributed by atoms with E-state index in [9.17, 15) is 14.0 Å². The van der Waals surface area contributed by atoms with Crippen molar-refractivity contribution in [3.05, 3.63) is 95.1 Å². The van der Waals surface area contributed by atoms with Gasteiger partial charge in [0, 0.05) is 4.90 Å². The van der Waals surface area contributed by atoms with Crippen molar-refractivity contribution in [2.75, 3.05) is 11.5 Å². The number of carbonyl (C=O) groups excluding carboxylic acids is 2. The predicted octanol–water partition coefficient (Wildman–Crippen LogP) is 5.94. The van der Waals surface area contributed by atoms with Crippen LogP contribution in [0.25, 0.3) is 5.57 Å². The molecule has 1 aliphatic heterocycles. The van der Waals surface area contributed by atoms with Crippen LogP contribution in [0.4, 0.5) is 10.1 Å². The topological polar surface area (TPSA) is 46.6 Å². The Balaban J connectivity index is 1.69. The molecule has 162 valence electrons. The van der Waals surface area contributed by atoms with Gasteiger partial charge in [0.1, 0.15) is 11.6 Å². The zero-order valence-corrected chi connectivity index (χ0v) is 18.6. The van der Waals surface area contributed by atoms with Crippen molar-refractivity contribution >= 4 is 34.8 Å². The van der Waals surface area contributed by atoms with Crippen molar-refractivity contribution in [3.8, 4) is 5.75 Å². The van der Waals surface area contributed by atoms with Crippen molar-refractivity contribution < 1.29 is 18.7 Å². The molecule has 2 amide bonds. The van der Waals surface area contributed by atoms with Gasteiger partial charge >= 0.3 is 0 Å². The molecule has 0 saturated carbocycles. The lowest BCUT2D eigenvalue weighted by Crippen LogP contribution is -2.31. The van der Waals surface area contributed by atoms with E-state index in [2.05, 4.69) is 13.8 Å². The number of carbonyl (C=O) groups is 2. The monoisotopic (exact) mass is 447 g/mol. The van der Waals surface area contributed by atoms with Gasteiger partial charge < -0.3 is 4.74 Å². The highest BCUT2D eigenvalue weighted by Crippen LogP contribution is 2.41. The number of anilines is 1. The summed E-state index contributed by atoms with van der Waals surface area (Å²) < 4.78 is 19.2. The zero-order valence-electron chi connectivity index (χ0n) is 17.7. The van der Waals surface area contributed by atoms with Crippen LogP contribution in [0.3, 0.4) is 0 Å². The van der Waals surface area contributed by atoms with Crippen LogP contribution in [0.1, 0.15) is 19.4 Å². The summed E-state index contributed by atoms with van der Waals surface area (Å²) in [6.07, 6.45) is 0. The summed E-state index contributed by atoms with van der Waals surface area (Å²) in [5, 5.41) is 0. The molecule has 6 heteroatoms. The summed E-state index contributed by atoms with van der Waals surface area (Å²) in [7, 11) is 0. The first-order chi connectivity index (χ1) is 15.4. The van der Waals surface area contributed by atoms with Gasteiger partial charge in [-0.15, -0.1) is 0 Å². The first-order valence-electron chi connectivity index (χ1n) is 10.3. The lowest BCUT2D eigenvalue weighted by Gasteiger charge is -2.16. The van der Waals surface area contributed by atoms with Crippen LogP contribution in [0.2, 0.25) is 0 Å². The maximum absolute atomic E-state index is 13.5. The molecule has 4 nitrogen and oxygen atoms in total. The summed E-state index contributed by atoms with van der Waals surface area (Å²) in [6.45, 7) is 4.70. The van der Waals surface area contributed by atoms with Crippen molar-refractivity contribution in [1.29, 1.82) is 0 Å². The van der Waals surface area contributed by atoms with Crippen molar-refractivity contribution in [1.82, 2.24) is 0 Å². The normalized spacial score (nSPS) is 13.9. The quantitative estimate of drug-likeness (QED) is 0.421. The molecule has 0 bridgehead atoms. The van der Waals surface area contributed by atoms with Crippen LogP contribution in [-0.2, 0) is 9.59 Å². The number of amides is 2. The van der Waals surface area contributed by atoms with E-state index in [0.29, 0.717) is 34.4 Å². The van der Waals surface area contributed by atoms with Crippen LogP contribution >= 0.6 is 11.8 Å². The third-order valence-electron chi connectivity index (χ3n) is 4.82. The lowest BCUT2D eigenvalue weighted by molar-refractivity contribution is -0.119. The Morgan fingerprint density at radius 2 is 1.53 bits per heavy atom. The molecule has 0 atom stereocenters. The zero-order chi connectivity index (χ0) is 22.7. The Kier molecular flexibility index (Phi) is 6.42. The number of thioether (sulfide) groups is 1. The summed E-state index contributed by atoms with van der Waals surface area (Å²) in [6, 6.07) is 21.9. The first-order valence-corrected chi connectivity index (χ1v) is 11.1. The standard InChI is InChI=1S/C26H22FNO3S/c1-17(2)16-31-21-14-12-20(13-15-21)28-25(29)23(18-8-10-19(27)11-9-18)24(26(28)30)32-22-6-4-3-5-7-22/h3-15,17H,16H2,1-2H3. The van der Waals surface area contributed by atoms with Gasteiger partial charge in [-0.1, -0.05) is 55.9 Å². The van der Waals surface area contributed by atoms with Gasteiger partial charge in [0.25, 0.3) is 11.8 Å². The Bertz CT molecular complexity index is 1160. The SMILES string of the molecule is CC(C)COc1ccc(N2C(=O)C(Sc3ccccc3)=C(c3ccc(F)cc3)C2=O)cc1. The Hall–Kier alpha value is -3.38. The van der Waals surface area contributed by atoms with Gasteiger partial charge in [0.15, 0.2) is 0 Å². The maximum Gasteiger partial charge on any atom is 0.272 e. The minimum Gasteiger partial charge on any atom is -0.493 e. The molecule has 4 rings (SSSR count). The van der Waals surface area contributed by atoms with Crippen LogP contribution in [0, 0.1) is 11.7 Å². The number of halogens is 1. The van der Waals surface area contributed by atoms with Gasteiger partial charge in [-0.25, -0.2) is 9.29 Å². The van der Waals surface area contributed by atoms with E-state index in [1.165, 1.54) is 36.0 Å². The third-order valence-corrected chi connectivity index (χ3v) is 5.91. The number of hydrogen-bond donors (Lipinski definition) is 0. The molecule has 0 saturated heterocycles. The summed E-state index contributed by atoms with van der Waals surface area (Å²) in [5.41, 5.74) is 1.23. The first kappa shape index (κ1) is 21.8. The number of benzene rings is 3. The van der Waals surface area contributed by atoms with E-state index >= 15 is 0 Å². The summed E-state index contributed by atoms with van der Waals surface area (Å²) in [5.74, 6) is -0.185. The van der Waals surface area contributed by atoms with Gasteiger partial charge in [0.2, 0.25) is 0 Å². The van der Waals surface area contributed by atoms with Crippen LogP contribution in [-0.4, -0.2) is 18.4 Å². The lowest BCUT2D eigenvalue weighted by atomic mass is 10.1. The fraction of sp³-hybridized carbons (Fsp3) is 0.154. The minimum absolute atomic E-state index is 0.268. The second-order valence-electron chi connectivity index (χ2n) is 7.77. The number of imide groups is 1. The van der Waals surface area contributed by atoms with Gasteiger partial charge in [-0.05, 0) is 60.0 Å². The Morgan fingerprint density at radius 1 is 0.875 bits per heavy atom. The molecule has 0 fully saturated rings. The van der Waals surface area contributed by atoms with E-state index in [1.54, 1.807) is 24.3 Å². The fourth-order valence-electron chi connectivity index (χ4n) is 3.27. The molecule has 3 aromatic rings. The van der Waals surface area contributed by atoms with E-state index in [-0.39, 0.29) is 5.57 Å².